The van der Waals surface area contributed by atoms with Gasteiger partial charge in [0.25, 0.3) is 0 Å². The Bertz CT molecular complexity index is 702. The number of benzene rings is 1. The molecule has 1 aromatic carbocycles. The van der Waals surface area contributed by atoms with Gasteiger partial charge in [0.05, 0.1) is 5.69 Å². The van der Waals surface area contributed by atoms with Crippen molar-refractivity contribution in [3.05, 3.63) is 46.6 Å². The molecule has 0 unspecified atom stereocenters. The highest BCUT2D eigenvalue weighted by Gasteiger charge is 2.11. The quantitative estimate of drug-likeness (QED) is 0.569. The van der Waals surface area contributed by atoms with Gasteiger partial charge in [0.1, 0.15) is 0 Å². The van der Waals surface area contributed by atoms with Crippen LogP contribution in [0.5, 0.6) is 0 Å². The standard InChI is InChI=1S/C12H11N3O/c1-7-11(10-6-13-12(16)15-10)8-4-2-3-5-9(8)14-7/h2-6,14H,1H3,(H2,13,15,16). The van der Waals surface area contributed by atoms with Crippen molar-refractivity contribution in [2.75, 3.05) is 0 Å². The number of rotatable bonds is 1. The predicted molar refractivity (Wildman–Crippen MR) is 63.4 cm³/mol. The minimum Gasteiger partial charge on any atom is -0.358 e. The number of nitrogens with one attached hydrogen (secondary N) is 3. The molecule has 3 aromatic rings. The van der Waals surface area contributed by atoms with Crippen LogP contribution >= 0.6 is 0 Å². The fourth-order valence-corrected chi connectivity index (χ4v) is 2.09. The van der Waals surface area contributed by atoms with E-state index < -0.39 is 0 Å². The van der Waals surface area contributed by atoms with E-state index >= 15 is 0 Å². The third kappa shape index (κ3) is 1.20. The average Bonchev–Trinajstić information content (AvgIpc) is 2.80. The Labute approximate surface area is 91.3 Å². The summed E-state index contributed by atoms with van der Waals surface area (Å²) in [6.07, 6.45) is 1.70. The minimum atomic E-state index is -0.181. The second kappa shape index (κ2) is 3.13. The molecule has 4 heteroatoms. The van der Waals surface area contributed by atoms with Crippen LogP contribution in [0.2, 0.25) is 0 Å². The van der Waals surface area contributed by atoms with E-state index in [-0.39, 0.29) is 5.69 Å². The first-order valence-electron chi connectivity index (χ1n) is 5.11. The van der Waals surface area contributed by atoms with Crippen LogP contribution in [0.15, 0.2) is 35.3 Å². The number of H-pyrrole nitrogens is 3. The number of aromatic amines is 3. The van der Waals surface area contributed by atoms with Crippen molar-refractivity contribution in [2.24, 2.45) is 0 Å². The van der Waals surface area contributed by atoms with Crippen molar-refractivity contribution in [3.8, 4) is 11.3 Å². The maximum absolute atomic E-state index is 11.1. The lowest BCUT2D eigenvalue weighted by Crippen LogP contribution is -2.00. The summed E-state index contributed by atoms with van der Waals surface area (Å²) in [6, 6.07) is 8.04. The van der Waals surface area contributed by atoms with Gasteiger partial charge < -0.3 is 15.0 Å². The summed E-state index contributed by atoms with van der Waals surface area (Å²) in [5.41, 5.74) is 3.82. The van der Waals surface area contributed by atoms with Crippen LogP contribution in [-0.4, -0.2) is 15.0 Å². The highest BCUT2D eigenvalue weighted by atomic mass is 16.1. The smallest absolute Gasteiger partial charge is 0.323 e. The van der Waals surface area contributed by atoms with Gasteiger partial charge in [-0.3, -0.25) is 0 Å². The molecule has 0 spiro atoms. The fourth-order valence-electron chi connectivity index (χ4n) is 2.09. The molecule has 0 bridgehead atoms. The highest BCUT2D eigenvalue weighted by Crippen LogP contribution is 2.29. The fraction of sp³-hybridized carbons (Fsp3) is 0.0833. The molecule has 0 radical (unpaired) electrons. The third-order valence-electron chi connectivity index (χ3n) is 2.76. The molecular formula is C12H11N3O. The van der Waals surface area contributed by atoms with Gasteiger partial charge in [-0.05, 0) is 13.0 Å². The maximum Gasteiger partial charge on any atom is 0.323 e. The normalized spacial score (nSPS) is 11.1. The molecular weight excluding hydrogens is 202 g/mol. The van der Waals surface area contributed by atoms with Gasteiger partial charge in [-0.1, -0.05) is 18.2 Å². The minimum absolute atomic E-state index is 0.181. The Morgan fingerprint density at radius 3 is 2.69 bits per heavy atom. The topological polar surface area (TPSA) is 64.4 Å². The van der Waals surface area contributed by atoms with Crippen molar-refractivity contribution in [2.45, 2.75) is 6.92 Å². The Kier molecular flexibility index (Phi) is 1.77. The summed E-state index contributed by atoms with van der Waals surface area (Å²) in [6.45, 7) is 2.00. The molecule has 0 fully saturated rings. The molecule has 80 valence electrons. The molecule has 0 aliphatic heterocycles. The summed E-state index contributed by atoms with van der Waals surface area (Å²) in [7, 11) is 0. The Hall–Kier alpha value is -2.23. The molecule has 0 saturated carbocycles. The van der Waals surface area contributed by atoms with Crippen molar-refractivity contribution in [1.29, 1.82) is 0 Å². The van der Waals surface area contributed by atoms with E-state index in [1.807, 2.05) is 31.2 Å². The molecule has 4 nitrogen and oxygen atoms in total. The molecule has 2 heterocycles. The van der Waals surface area contributed by atoms with E-state index in [0.29, 0.717) is 0 Å². The van der Waals surface area contributed by atoms with Crippen molar-refractivity contribution < 1.29 is 0 Å². The molecule has 0 amide bonds. The molecule has 0 aliphatic rings. The van der Waals surface area contributed by atoms with E-state index in [0.717, 1.165) is 27.9 Å². The molecule has 2 aromatic heterocycles. The van der Waals surface area contributed by atoms with E-state index in [4.69, 9.17) is 0 Å². The number of aromatic nitrogens is 3. The SMILES string of the molecule is Cc1[nH]c2ccccc2c1-c1c[nH]c(=O)[nH]1. The lowest BCUT2D eigenvalue weighted by Gasteiger charge is -1.96. The number of aryl methyl sites for hydroxylation is 1. The Morgan fingerprint density at radius 1 is 1.12 bits per heavy atom. The zero-order chi connectivity index (χ0) is 11.1. The summed E-state index contributed by atoms with van der Waals surface area (Å²) in [4.78, 5) is 19.8. The maximum atomic E-state index is 11.1. The van der Waals surface area contributed by atoms with Gasteiger partial charge in [-0.2, -0.15) is 0 Å². The molecule has 0 atom stereocenters. The molecule has 3 N–H and O–H groups in total. The monoisotopic (exact) mass is 213 g/mol. The molecule has 3 rings (SSSR count). The van der Waals surface area contributed by atoms with Gasteiger partial charge >= 0.3 is 5.69 Å². The van der Waals surface area contributed by atoms with Gasteiger partial charge in [0.15, 0.2) is 0 Å². The van der Waals surface area contributed by atoms with Crippen molar-refractivity contribution in [3.63, 3.8) is 0 Å². The molecule has 0 saturated heterocycles. The number of imidazole rings is 1. The zero-order valence-electron chi connectivity index (χ0n) is 8.79. The van der Waals surface area contributed by atoms with Crippen molar-refractivity contribution in [1.82, 2.24) is 15.0 Å². The lowest BCUT2D eigenvalue weighted by molar-refractivity contribution is 1.19. The first kappa shape index (κ1) is 9.03. The van der Waals surface area contributed by atoms with Crippen LogP contribution in [0.1, 0.15) is 5.69 Å². The lowest BCUT2D eigenvalue weighted by atomic mass is 10.1. The number of fused-ring (bicyclic) bond motifs is 1. The predicted octanol–water partition coefficient (Wildman–Crippen LogP) is 2.16. The summed E-state index contributed by atoms with van der Waals surface area (Å²) < 4.78 is 0. The average molecular weight is 213 g/mol. The summed E-state index contributed by atoms with van der Waals surface area (Å²) in [5, 5.41) is 1.12. The summed E-state index contributed by atoms with van der Waals surface area (Å²) in [5.74, 6) is 0. The van der Waals surface area contributed by atoms with Crippen LogP contribution in [0.3, 0.4) is 0 Å². The molecule has 0 aliphatic carbocycles. The van der Waals surface area contributed by atoms with Crippen LogP contribution in [0, 0.1) is 6.92 Å². The number of hydrogen-bond donors (Lipinski definition) is 3. The molecule has 16 heavy (non-hydrogen) atoms. The van der Waals surface area contributed by atoms with Gasteiger partial charge in [-0.25, -0.2) is 4.79 Å². The van der Waals surface area contributed by atoms with Crippen LogP contribution in [0.25, 0.3) is 22.2 Å². The largest absolute Gasteiger partial charge is 0.358 e. The van der Waals surface area contributed by atoms with Crippen LogP contribution in [-0.2, 0) is 0 Å². The van der Waals surface area contributed by atoms with E-state index in [2.05, 4.69) is 15.0 Å². The highest BCUT2D eigenvalue weighted by molar-refractivity contribution is 5.96. The summed E-state index contributed by atoms with van der Waals surface area (Å²) >= 11 is 0. The van der Waals surface area contributed by atoms with Gasteiger partial charge in [0, 0.05) is 28.4 Å². The van der Waals surface area contributed by atoms with E-state index in [1.165, 1.54) is 0 Å². The zero-order valence-corrected chi connectivity index (χ0v) is 8.79. The first-order valence-corrected chi connectivity index (χ1v) is 5.11. The van der Waals surface area contributed by atoms with Gasteiger partial charge in [-0.15, -0.1) is 0 Å². The van der Waals surface area contributed by atoms with Crippen LogP contribution < -0.4 is 5.69 Å². The second-order valence-electron chi connectivity index (χ2n) is 3.83. The van der Waals surface area contributed by atoms with Gasteiger partial charge in [0.2, 0.25) is 0 Å². The number of para-hydroxylation sites is 1. The Morgan fingerprint density at radius 2 is 1.94 bits per heavy atom. The van der Waals surface area contributed by atoms with E-state index in [1.54, 1.807) is 6.20 Å². The van der Waals surface area contributed by atoms with Crippen molar-refractivity contribution >= 4 is 10.9 Å². The first-order chi connectivity index (χ1) is 7.75. The third-order valence-corrected chi connectivity index (χ3v) is 2.76. The van der Waals surface area contributed by atoms with E-state index in [9.17, 15) is 4.79 Å². The number of hydrogen-bond acceptors (Lipinski definition) is 1. The van der Waals surface area contributed by atoms with Crippen LogP contribution in [0.4, 0.5) is 0 Å². The Balaban J connectivity index is 2.38. The second-order valence-corrected chi connectivity index (χ2v) is 3.83.